The molecule has 0 aliphatic carbocycles. The highest BCUT2D eigenvalue weighted by atomic mass is 16.6. The molecule has 0 bridgehead atoms. The highest BCUT2D eigenvalue weighted by molar-refractivity contribution is 6.00. The summed E-state index contributed by atoms with van der Waals surface area (Å²) in [5.74, 6) is 0.854. The number of hydrogen-bond donors (Lipinski definition) is 1. The number of nitrogens with zero attached hydrogens (tertiary/aromatic N) is 5. The van der Waals surface area contributed by atoms with Gasteiger partial charge in [0.1, 0.15) is 0 Å². The largest absolute Gasteiger partial charge is 0.387 e. The minimum atomic E-state index is -0.497. The number of anilines is 1. The molecule has 10 heteroatoms. The van der Waals surface area contributed by atoms with Gasteiger partial charge in [0.15, 0.2) is 0 Å². The van der Waals surface area contributed by atoms with Crippen LogP contribution in [0.5, 0.6) is 0 Å². The Balaban J connectivity index is 1.37. The lowest BCUT2D eigenvalue weighted by Crippen LogP contribution is -2.48. The molecule has 1 aromatic heterocycles. The Morgan fingerprint density at radius 3 is 2.53 bits per heavy atom. The van der Waals surface area contributed by atoms with Crippen molar-refractivity contribution in [1.29, 1.82) is 0 Å². The molecule has 0 radical (unpaired) electrons. The lowest BCUT2D eigenvalue weighted by atomic mass is 10.1. The molecule has 1 saturated heterocycles. The standard InChI is InChI=1S/C22H24N6O4/c1-15-3-5-16(6-4-15)21-24-20(32-25-21)14-26-9-11-27(12-10-26)22(29)18-13-17(28(30)31)7-8-19(18)23-2/h3-8,13,23H,9-12,14H2,1-2H3. The van der Waals surface area contributed by atoms with E-state index >= 15 is 0 Å². The Bertz CT molecular complexity index is 1120. The van der Waals surface area contributed by atoms with E-state index in [1.807, 2.05) is 31.2 Å². The zero-order valence-corrected chi connectivity index (χ0v) is 17.9. The van der Waals surface area contributed by atoms with Crippen molar-refractivity contribution in [2.45, 2.75) is 13.5 Å². The summed E-state index contributed by atoms with van der Waals surface area (Å²) in [6.07, 6.45) is 0. The van der Waals surface area contributed by atoms with Crippen molar-refractivity contribution >= 4 is 17.3 Å². The molecule has 4 rings (SSSR count). The Morgan fingerprint density at radius 1 is 1.16 bits per heavy atom. The van der Waals surface area contributed by atoms with E-state index in [-0.39, 0.29) is 11.6 Å². The number of non-ortho nitro benzene ring substituents is 1. The molecule has 10 nitrogen and oxygen atoms in total. The van der Waals surface area contributed by atoms with Gasteiger partial charge in [-0.15, -0.1) is 0 Å². The number of nitrogens with one attached hydrogen (secondary N) is 1. The average molecular weight is 436 g/mol. The van der Waals surface area contributed by atoms with Gasteiger partial charge in [-0.1, -0.05) is 35.0 Å². The van der Waals surface area contributed by atoms with Gasteiger partial charge in [-0.25, -0.2) is 0 Å². The maximum atomic E-state index is 13.0. The van der Waals surface area contributed by atoms with E-state index in [1.54, 1.807) is 18.0 Å². The summed E-state index contributed by atoms with van der Waals surface area (Å²) in [5.41, 5.74) is 2.83. The van der Waals surface area contributed by atoms with Crippen LogP contribution in [0.15, 0.2) is 47.0 Å². The summed E-state index contributed by atoms with van der Waals surface area (Å²) in [4.78, 5) is 32.0. The number of amides is 1. The molecule has 32 heavy (non-hydrogen) atoms. The van der Waals surface area contributed by atoms with Crippen LogP contribution < -0.4 is 5.32 Å². The van der Waals surface area contributed by atoms with E-state index in [0.717, 1.165) is 11.1 Å². The first kappa shape index (κ1) is 21.4. The molecule has 1 fully saturated rings. The smallest absolute Gasteiger partial charge is 0.270 e. The highest BCUT2D eigenvalue weighted by Gasteiger charge is 2.26. The zero-order valence-electron chi connectivity index (χ0n) is 17.9. The van der Waals surface area contributed by atoms with Crippen molar-refractivity contribution in [2.24, 2.45) is 0 Å². The van der Waals surface area contributed by atoms with Crippen LogP contribution in [-0.2, 0) is 6.54 Å². The minimum absolute atomic E-state index is 0.105. The molecule has 3 aromatic rings. The maximum absolute atomic E-state index is 13.0. The van der Waals surface area contributed by atoms with Crippen LogP contribution in [0.1, 0.15) is 21.8 Å². The number of aryl methyl sites for hydroxylation is 1. The molecule has 0 spiro atoms. The number of aromatic nitrogens is 2. The molecule has 0 unspecified atom stereocenters. The van der Waals surface area contributed by atoms with E-state index < -0.39 is 4.92 Å². The summed E-state index contributed by atoms with van der Waals surface area (Å²) in [5, 5.41) is 18.1. The predicted octanol–water partition coefficient (Wildman–Crippen LogP) is 2.95. The fourth-order valence-electron chi connectivity index (χ4n) is 3.65. The third kappa shape index (κ3) is 4.59. The molecule has 1 aliphatic rings. The third-order valence-corrected chi connectivity index (χ3v) is 5.51. The van der Waals surface area contributed by atoms with E-state index in [4.69, 9.17) is 4.52 Å². The first-order chi connectivity index (χ1) is 15.4. The molecule has 2 aromatic carbocycles. The van der Waals surface area contributed by atoms with Crippen LogP contribution in [0.3, 0.4) is 0 Å². The van der Waals surface area contributed by atoms with E-state index in [2.05, 4.69) is 20.4 Å². The van der Waals surface area contributed by atoms with E-state index in [9.17, 15) is 14.9 Å². The summed E-state index contributed by atoms with van der Waals surface area (Å²) >= 11 is 0. The molecule has 1 aliphatic heterocycles. The second kappa shape index (κ2) is 9.15. The number of carbonyl (C=O) groups is 1. The first-order valence-corrected chi connectivity index (χ1v) is 10.3. The second-order valence-electron chi connectivity index (χ2n) is 7.68. The molecule has 1 N–H and O–H groups in total. The maximum Gasteiger partial charge on any atom is 0.270 e. The Morgan fingerprint density at radius 2 is 1.88 bits per heavy atom. The van der Waals surface area contributed by atoms with Crippen LogP contribution in [0, 0.1) is 17.0 Å². The quantitative estimate of drug-likeness (QED) is 0.463. The van der Waals surface area contributed by atoms with Crippen LogP contribution in [0.25, 0.3) is 11.4 Å². The van der Waals surface area contributed by atoms with Gasteiger partial charge in [0.25, 0.3) is 11.6 Å². The predicted molar refractivity (Wildman–Crippen MR) is 118 cm³/mol. The SMILES string of the molecule is CNc1ccc([N+](=O)[O-])cc1C(=O)N1CCN(Cc2nc(-c3ccc(C)cc3)no2)CC1. The second-order valence-corrected chi connectivity index (χ2v) is 7.68. The van der Waals surface area contributed by atoms with Crippen LogP contribution in [-0.4, -0.2) is 64.0 Å². The van der Waals surface area contributed by atoms with Crippen molar-refractivity contribution in [3.63, 3.8) is 0 Å². The van der Waals surface area contributed by atoms with Gasteiger partial charge in [-0.2, -0.15) is 4.98 Å². The normalized spacial score (nSPS) is 14.4. The van der Waals surface area contributed by atoms with Gasteiger partial charge in [0.05, 0.1) is 17.0 Å². The minimum Gasteiger partial charge on any atom is -0.387 e. The zero-order chi connectivity index (χ0) is 22.7. The van der Waals surface area contributed by atoms with Crippen LogP contribution in [0.4, 0.5) is 11.4 Å². The summed E-state index contributed by atoms with van der Waals surface area (Å²) in [6.45, 7) is 4.80. The Labute approximate surface area is 185 Å². The van der Waals surface area contributed by atoms with Gasteiger partial charge in [-0.3, -0.25) is 19.8 Å². The number of nitro groups is 1. The van der Waals surface area contributed by atoms with E-state index in [0.29, 0.717) is 55.7 Å². The Kier molecular flexibility index (Phi) is 6.13. The third-order valence-electron chi connectivity index (χ3n) is 5.51. The molecule has 2 heterocycles. The monoisotopic (exact) mass is 436 g/mol. The van der Waals surface area contributed by atoms with Crippen molar-refractivity contribution in [3.8, 4) is 11.4 Å². The van der Waals surface area contributed by atoms with Crippen molar-refractivity contribution in [1.82, 2.24) is 19.9 Å². The fourth-order valence-corrected chi connectivity index (χ4v) is 3.65. The summed E-state index contributed by atoms with van der Waals surface area (Å²) in [6, 6.07) is 12.2. The van der Waals surface area contributed by atoms with Gasteiger partial charge >= 0.3 is 0 Å². The topological polar surface area (TPSA) is 118 Å². The number of rotatable bonds is 6. The number of nitro benzene ring substituents is 1. The number of carbonyl (C=O) groups excluding carboxylic acids is 1. The van der Waals surface area contributed by atoms with Crippen LogP contribution >= 0.6 is 0 Å². The van der Waals surface area contributed by atoms with Gasteiger partial charge in [0.2, 0.25) is 11.7 Å². The van der Waals surface area contributed by atoms with Gasteiger partial charge in [-0.05, 0) is 13.0 Å². The van der Waals surface area contributed by atoms with Crippen molar-refractivity contribution in [3.05, 3.63) is 69.6 Å². The molecule has 0 atom stereocenters. The van der Waals surface area contributed by atoms with Crippen molar-refractivity contribution in [2.75, 3.05) is 38.5 Å². The summed E-state index contributed by atoms with van der Waals surface area (Å²) in [7, 11) is 1.69. The fraction of sp³-hybridized carbons (Fsp3) is 0.318. The molecule has 0 saturated carbocycles. The first-order valence-electron chi connectivity index (χ1n) is 10.3. The average Bonchev–Trinajstić information content (AvgIpc) is 3.27. The Hall–Kier alpha value is -3.79. The number of hydrogen-bond acceptors (Lipinski definition) is 8. The molecule has 1 amide bonds. The lowest BCUT2D eigenvalue weighted by Gasteiger charge is -2.34. The van der Waals surface area contributed by atoms with Gasteiger partial charge < -0.3 is 14.7 Å². The number of benzene rings is 2. The molecule has 166 valence electrons. The lowest BCUT2D eigenvalue weighted by molar-refractivity contribution is -0.384. The summed E-state index contributed by atoms with van der Waals surface area (Å²) < 4.78 is 5.41. The van der Waals surface area contributed by atoms with Crippen LogP contribution in [0.2, 0.25) is 0 Å². The van der Waals surface area contributed by atoms with Crippen molar-refractivity contribution < 1.29 is 14.2 Å². The molecular formula is C22H24N6O4. The van der Waals surface area contributed by atoms with Gasteiger partial charge in [0, 0.05) is 56.6 Å². The number of piperazine rings is 1. The molecular weight excluding hydrogens is 412 g/mol. The highest BCUT2D eigenvalue weighted by Crippen LogP contribution is 2.24. The van der Waals surface area contributed by atoms with E-state index in [1.165, 1.54) is 12.1 Å².